The summed E-state index contributed by atoms with van der Waals surface area (Å²) in [7, 11) is 2.15. The summed E-state index contributed by atoms with van der Waals surface area (Å²) >= 11 is 0. The second kappa shape index (κ2) is 4.88. The van der Waals surface area contributed by atoms with Crippen molar-refractivity contribution in [1.82, 2.24) is 4.90 Å². The summed E-state index contributed by atoms with van der Waals surface area (Å²) in [6.45, 7) is 2.02. The molecule has 0 aliphatic heterocycles. The van der Waals surface area contributed by atoms with Gasteiger partial charge >= 0.3 is 0 Å². The Morgan fingerprint density at radius 1 is 1.35 bits per heavy atom. The van der Waals surface area contributed by atoms with Crippen LogP contribution in [0.1, 0.15) is 24.8 Å². The van der Waals surface area contributed by atoms with E-state index in [0.717, 1.165) is 19.5 Å². The van der Waals surface area contributed by atoms with Crippen LogP contribution in [-0.2, 0) is 6.54 Å². The number of nitrogens with one attached hydrogen (secondary N) is 1. The second-order valence-corrected chi connectivity index (χ2v) is 5.36. The Bertz CT molecular complexity index is 382. The lowest BCUT2D eigenvalue weighted by atomic mass is 10.0. The largest absolute Gasteiger partial charge is 0.388 e. The Kier molecular flexibility index (Phi) is 3.48. The van der Waals surface area contributed by atoms with Gasteiger partial charge in [0.1, 0.15) is 0 Å². The van der Waals surface area contributed by atoms with Gasteiger partial charge < -0.3 is 10.6 Å². The monoisotopic (exact) mass is 231 g/mol. The highest BCUT2D eigenvalue weighted by molar-refractivity contribution is 5.78. The molecule has 0 aromatic heterocycles. The van der Waals surface area contributed by atoms with E-state index >= 15 is 0 Å². The van der Waals surface area contributed by atoms with Crippen molar-refractivity contribution in [3.8, 4) is 0 Å². The molecule has 1 aliphatic rings. The normalized spacial score (nSPS) is 17.1. The van der Waals surface area contributed by atoms with Gasteiger partial charge in [-0.15, -0.1) is 0 Å². The molecule has 0 unspecified atom stereocenters. The van der Waals surface area contributed by atoms with Crippen LogP contribution in [0.2, 0.25) is 0 Å². The molecule has 3 nitrogen and oxygen atoms in total. The molecule has 0 heterocycles. The predicted molar refractivity (Wildman–Crippen MR) is 71.0 cm³/mol. The highest BCUT2D eigenvalue weighted by Gasteiger charge is 2.43. The SMILES string of the molecule is CN(Cc1ccccc1)CC1(CC(=N)N)CC1. The van der Waals surface area contributed by atoms with Crippen LogP contribution < -0.4 is 5.73 Å². The van der Waals surface area contributed by atoms with E-state index in [9.17, 15) is 0 Å². The first-order valence-electron chi connectivity index (χ1n) is 6.15. The summed E-state index contributed by atoms with van der Waals surface area (Å²) in [5, 5.41) is 7.41. The number of rotatable bonds is 6. The molecule has 0 spiro atoms. The first-order chi connectivity index (χ1) is 8.10. The van der Waals surface area contributed by atoms with Crippen molar-refractivity contribution >= 4 is 5.84 Å². The third kappa shape index (κ3) is 3.56. The van der Waals surface area contributed by atoms with Gasteiger partial charge in [0.05, 0.1) is 5.84 Å². The molecule has 3 N–H and O–H groups in total. The number of hydrogen-bond acceptors (Lipinski definition) is 2. The molecule has 2 rings (SSSR count). The quantitative estimate of drug-likeness (QED) is 0.582. The Hall–Kier alpha value is -1.35. The van der Waals surface area contributed by atoms with Gasteiger partial charge in [-0.25, -0.2) is 0 Å². The van der Waals surface area contributed by atoms with Crippen molar-refractivity contribution in [3.05, 3.63) is 35.9 Å². The fourth-order valence-electron chi connectivity index (χ4n) is 2.50. The zero-order chi connectivity index (χ0) is 12.3. The third-order valence-electron chi connectivity index (χ3n) is 3.42. The van der Waals surface area contributed by atoms with Crippen LogP contribution in [0.5, 0.6) is 0 Å². The van der Waals surface area contributed by atoms with E-state index in [0.29, 0.717) is 11.3 Å². The van der Waals surface area contributed by atoms with E-state index in [1.807, 2.05) is 6.07 Å². The maximum Gasteiger partial charge on any atom is 0.0911 e. The van der Waals surface area contributed by atoms with Gasteiger partial charge in [-0.2, -0.15) is 0 Å². The van der Waals surface area contributed by atoms with Crippen LogP contribution in [0, 0.1) is 10.8 Å². The average molecular weight is 231 g/mol. The molecule has 1 aromatic rings. The van der Waals surface area contributed by atoms with Crippen molar-refractivity contribution in [2.45, 2.75) is 25.8 Å². The van der Waals surface area contributed by atoms with E-state index in [1.165, 1.54) is 18.4 Å². The second-order valence-electron chi connectivity index (χ2n) is 5.36. The van der Waals surface area contributed by atoms with E-state index in [4.69, 9.17) is 11.1 Å². The average Bonchev–Trinajstić information content (AvgIpc) is 2.97. The fourth-order valence-corrected chi connectivity index (χ4v) is 2.50. The third-order valence-corrected chi connectivity index (χ3v) is 3.42. The lowest BCUT2D eigenvalue weighted by Crippen LogP contribution is -2.29. The molecule has 0 radical (unpaired) electrons. The van der Waals surface area contributed by atoms with Gasteiger partial charge in [0.2, 0.25) is 0 Å². The topological polar surface area (TPSA) is 53.1 Å². The van der Waals surface area contributed by atoms with Crippen LogP contribution in [0.15, 0.2) is 30.3 Å². The molecule has 0 amide bonds. The maximum absolute atomic E-state index is 7.41. The van der Waals surface area contributed by atoms with Crippen LogP contribution >= 0.6 is 0 Å². The van der Waals surface area contributed by atoms with Crippen LogP contribution in [-0.4, -0.2) is 24.3 Å². The number of nitrogens with two attached hydrogens (primary N) is 1. The van der Waals surface area contributed by atoms with Crippen LogP contribution in [0.4, 0.5) is 0 Å². The molecule has 0 atom stereocenters. The molecular weight excluding hydrogens is 210 g/mol. The molecule has 3 heteroatoms. The predicted octanol–water partition coefficient (Wildman–Crippen LogP) is 2.22. The van der Waals surface area contributed by atoms with E-state index in [1.54, 1.807) is 0 Å². The van der Waals surface area contributed by atoms with Gasteiger partial charge in [-0.1, -0.05) is 30.3 Å². The van der Waals surface area contributed by atoms with Gasteiger partial charge in [0.25, 0.3) is 0 Å². The maximum atomic E-state index is 7.41. The number of amidine groups is 1. The molecule has 1 saturated carbocycles. The Morgan fingerprint density at radius 3 is 2.53 bits per heavy atom. The summed E-state index contributed by atoms with van der Waals surface area (Å²) in [4.78, 5) is 2.34. The highest BCUT2D eigenvalue weighted by atomic mass is 15.1. The lowest BCUT2D eigenvalue weighted by molar-refractivity contribution is 0.259. The summed E-state index contributed by atoms with van der Waals surface area (Å²) in [5.41, 5.74) is 7.15. The molecule has 0 saturated heterocycles. The minimum Gasteiger partial charge on any atom is -0.388 e. The summed E-state index contributed by atoms with van der Waals surface area (Å²) < 4.78 is 0. The highest BCUT2D eigenvalue weighted by Crippen LogP contribution is 2.49. The van der Waals surface area contributed by atoms with Crippen molar-refractivity contribution < 1.29 is 0 Å². The Labute approximate surface area is 103 Å². The minimum absolute atomic E-state index is 0.301. The molecule has 1 fully saturated rings. The number of nitrogens with zero attached hydrogens (tertiary/aromatic N) is 1. The van der Waals surface area contributed by atoms with E-state index < -0.39 is 0 Å². The molecular formula is C14H21N3. The zero-order valence-corrected chi connectivity index (χ0v) is 10.4. The van der Waals surface area contributed by atoms with Gasteiger partial charge in [-0.3, -0.25) is 5.41 Å². The molecule has 1 aromatic carbocycles. The zero-order valence-electron chi connectivity index (χ0n) is 10.4. The molecule has 17 heavy (non-hydrogen) atoms. The van der Waals surface area contributed by atoms with E-state index in [2.05, 4.69) is 36.2 Å². The number of hydrogen-bond donors (Lipinski definition) is 2. The first kappa shape index (κ1) is 12.1. The fraction of sp³-hybridized carbons (Fsp3) is 0.500. The van der Waals surface area contributed by atoms with Crippen molar-refractivity contribution in [3.63, 3.8) is 0 Å². The molecule has 92 valence electrons. The minimum atomic E-state index is 0.301. The smallest absolute Gasteiger partial charge is 0.0911 e. The van der Waals surface area contributed by atoms with Gasteiger partial charge in [0.15, 0.2) is 0 Å². The number of benzene rings is 1. The summed E-state index contributed by atoms with van der Waals surface area (Å²) in [5.74, 6) is 0.329. The first-order valence-corrected chi connectivity index (χ1v) is 6.15. The van der Waals surface area contributed by atoms with Gasteiger partial charge in [-0.05, 0) is 30.9 Å². The summed E-state index contributed by atoms with van der Waals surface area (Å²) in [6, 6.07) is 10.5. The van der Waals surface area contributed by atoms with Crippen LogP contribution in [0.25, 0.3) is 0 Å². The molecule has 1 aliphatic carbocycles. The van der Waals surface area contributed by atoms with Gasteiger partial charge in [0, 0.05) is 19.5 Å². The lowest BCUT2D eigenvalue weighted by Gasteiger charge is -2.23. The summed E-state index contributed by atoms with van der Waals surface area (Å²) in [6.07, 6.45) is 3.18. The Morgan fingerprint density at radius 2 is 2.00 bits per heavy atom. The van der Waals surface area contributed by atoms with Crippen molar-refractivity contribution in [2.24, 2.45) is 11.1 Å². The standard InChI is InChI=1S/C14H21N3/c1-17(10-12-5-3-2-4-6-12)11-14(7-8-14)9-13(15)16/h2-6H,7-11H2,1H3,(H3,15,16). The van der Waals surface area contributed by atoms with Crippen molar-refractivity contribution in [2.75, 3.05) is 13.6 Å². The van der Waals surface area contributed by atoms with Crippen molar-refractivity contribution in [1.29, 1.82) is 5.41 Å². The Balaban J connectivity index is 1.85. The van der Waals surface area contributed by atoms with E-state index in [-0.39, 0.29) is 0 Å². The molecule has 0 bridgehead atoms. The van der Waals surface area contributed by atoms with Crippen LogP contribution in [0.3, 0.4) is 0 Å².